The smallest absolute Gasteiger partial charge is 0.373 e. The second-order valence-corrected chi connectivity index (χ2v) is 6.97. The predicted octanol–water partition coefficient (Wildman–Crippen LogP) is 3.34. The Labute approximate surface area is 164 Å². The predicted molar refractivity (Wildman–Crippen MR) is 102 cm³/mol. The van der Waals surface area contributed by atoms with E-state index in [9.17, 15) is 14.4 Å². The van der Waals surface area contributed by atoms with Crippen LogP contribution < -0.4 is 0 Å². The van der Waals surface area contributed by atoms with Gasteiger partial charge < -0.3 is 19.0 Å². The number of allylic oxidation sites excluding steroid dienone is 4. The van der Waals surface area contributed by atoms with Crippen LogP contribution in [-0.4, -0.2) is 37.5 Å². The number of hydrogen-bond donors (Lipinski definition) is 0. The van der Waals surface area contributed by atoms with E-state index >= 15 is 0 Å². The van der Waals surface area contributed by atoms with Crippen molar-refractivity contribution in [1.82, 2.24) is 0 Å². The molecule has 0 radical (unpaired) electrons. The Bertz CT molecular complexity index is 783. The van der Waals surface area contributed by atoms with Crippen molar-refractivity contribution >= 4 is 18.2 Å². The topological polar surface area (TPSA) is 78.9 Å². The van der Waals surface area contributed by atoms with Gasteiger partial charge in [0.15, 0.2) is 0 Å². The maximum absolute atomic E-state index is 12.2. The summed E-state index contributed by atoms with van der Waals surface area (Å²) in [4.78, 5) is 35.2. The van der Waals surface area contributed by atoms with Crippen LogP contribution in [0.4, 0.5) is 0 Å². The van der Waals surface area contributed by atoms with Crippen molar-refractivity contribution in [2.24, 2.45) is 5.92 Å². The normalized spacial score (nSPS) is 23.3. The lowest BCUT2D eigenvalue weighted by atomic mass is 9.75. The highest BCUT2D eigenvalue weighted by molar-refractivity contribution is 5.87. The Balaban J connectivity index is 1.94. The molecule has 0 spiro atoms. The fraction of sp³-hybridized carbons (Fsp3) is 0.500. The second kappa shape index (κ2) is 9.04. The number of rotatable bonds is 7. The molecule has 0 N–H and O–H groups in total. The molecule has 6 heteroatoms. The number of carbonyl (C=O) groups excluding carboxylic acids is 3. The van der Waals surface area contributed by atoms with Gasteiger partial charge in [-0.3, -0.25) is 4.79 Å². The lowest BCUT2D eigenvalue weighted by Crippen LogP contribution is -2.30. The number of carbonyl (C=O) groups is 3. The van der Waals surface area contributed by atoms with Crippen LogP contribution in [0.1, 0.15) is 46.0 Å². The Hall–Kier alpha value is -2.63. The monoisotopic (exact) mass is 386 g/mol. The van der Waals surface area contributed by atoms with Gasteiger partial charge in [-0.2, -0.15) is 0 Å². The zero-order valence-electron chi connectivity index (χ0n) is 16.4. The fourth-order valence-electron chi connectivity index (χ4n) is 3.99. The largest absolute Gasteiger partial charge is 0.474 e. The summed E-state index contributed by atoms with van der Waals surface area (Å²) in [5, 5.41) is 0. The summed E-state index contributed by atoms with van der Waals surface area (Å²) in [5.74, 6) is -0.604. The Morgan fingerprint density at radius 3 is 2.75 bits per heavy atom. The van der Waals surface area contributed by atoms with Gasteiger partial charge in [0.1, 0.15) is 12.4 Å². The summed E-state index contributed by atoms with van der Waals surface area (Å²) in [5.41, 5.74) is 4.22. The van der Waals surface area contributed by atoms with E-state index in [1.54, 1.807) is 13.0 Å². The summed E-state index contributed by atoms with van der Waals surface area (Å²) in [7, 11) is 0. The quantitative estimate of drug-likeness (QED) is 0.493. The summed E-state index contributed by atoms with van der Waals surface area (Å²) < 4.78 is 16.2. The van der Waals surface area contributed by atoms with E-state index in [-0.39, 0.29) is 30.4 Å². The minimum atomic E-state index is -0.496. The lowest BCUT2D eigenvalue weighted by Gasteiger charge is -2.35. The molecule has 2 atom stereocenters. The molecular weight excluding hydrogens is 360 g/mol. The van der Waals surface area contributed by atoms with E-state index in [1.807, 2.05) is 19.1 Å². The minimum Gasteiger partial charge on any atom is -0.474 e. The van der Waals surface area contributed by atoms with Crippen molar-refractivity contribution in [2.75, 3.05) is 13.2 Å². The number of hydrogen-bond acceptors (Lipinski definition) is 6. The maximum atomic E-state index is 12.2. The molecule has 1 heterocycles. The van der Waals surface area contributed by atoms with Crippen molar-refractivity contribution in [3.63, 3.8) is 0 Å². The third kappa shape index (κ3) is 4.11. The first-order valence-corrected chi connectivity index (χ1v) is 9.88. The number of aldehydes is 1. The van der Waals surface area contributed by atoms with Crippen LogP contribution in [0.2, 0.25) is 0 Å². The zero-order valence-corrected chi connectivity index (χ0v) is 16.4. The molecule has 2 unspecified atom stereocenters. The van der Waals surface area contributed by atoms with Gasteiger partial charge in [-0.15, -0.1) is 0 Å². The number of esters is 2. The van der Waals surface area contributed by atoms with E-state index in [2.05, 4.69) is 0 Å². The van der Waals surface area contributed by atoms with Crippen LogP contribution in [0.5, 0.6) is 0 Å². The molecule has 3 rings (SSSR count). The van der Waals surface area contributed by atoms with E-state index in [1.165, 1.54) is 0 Å². The molecule has 0 saturated heterocycles. The van der Waals surface area contributed by atoms with E-state index in [0.29, 0.717) is 25.9 Å². The summed E-state index contributed by atoms with van der Waals surface area (Å²) >= 11 is 0. The minimum absolute atomic E-state index is 0.130. The third-order valence-electron chi connectivity index (χ3n) is 5.21. The average Bonchev–Trinajstić information content (AvgIpc) is 2.71. The van der Waals surface area contributed by atoms with Crippen LogP contribution in [0.25, 0.3) is 0 Å². The van der Waals surface area contributed by atoms with Crippen LogP contribution in [0, 0.1) is 5.92 Å². The number of ether oxygens (including phenoxy) is 3. The molecule has 0 aromatic carbocycles. The van der Waals surface area contributed by atoms with E-state index < -0.39 is 5.97 Å². The van der Waals surface area contributed by atoms with Gasteiger partial charge in [-0.05, 0) is 68.4 Å². The molecule has 0 aromatic heterocycles. The van der Waals surface area contributed by atoms with Gasteiger partial charge in [0.2, 0.25) is 5.76 Å². The van der Waals surface area contributed by atoms with Gasteiger partial charge in [-0.1, -0.05) is 6.08 Å². The molecule has 28 heavy (non-hydrogen) atoms. The lowest BCUT2D eigenvalue weighted by molar-refractivity contribution is -0.148. The van der Waals surface area contributed by atoms with Gasteiger partial charge in [0, 0.05) is 12.0 Å². The Morgan fingerprint density at radius 2 is 2.04 bits per heavy atom. The maximum Gasteiger partial charge on any atom is 0.373 e. The van der Waals surface area contributed by atoms with Crippen molar-refractivity contribution < 1.29 is 28.6 Å². The molecule has 0 bridgehead atoms. The SMILES string of the molecule is CCOC(=O)C1=CC(CCC=O)=C2C3=C(C=CC2O1)CC(C(=O)OCC)CC3. The average molecular weight is 386 g/mol. The van der Waals surface area contributed by atoms with Crippen molar-refractivity contribution in [2.45, 2.75) is 52.1 Å². The molecule has 6 nitrogen and oxygen atoms in total. The van der Waals surface area contributed by atoms with E-state index in [4.69, 9.17) is 14.2 Å². The molecule has 3 aliphatic rings. The van der Waals surface area contributed by atoms with Crippen molar-refractivity contribution in [3.8, 4) is 0 Å². The highest BCUT2D eigenvalue weighted by atomic mass is 16.6. The first-order valence-electron chi connectivity index (χ1n) is 9.88. The molecule has 0 saturated carbocycles. The molecule has 150 valence electrons. The van der Waals surface area contributed by atoms with Gasteiger partial charge in [0.25, 0.3) is 0 Å². The van der Waals surface area contributed by atoms with Crippen molar-refractivity contribution in [1.29, 1.82) is 0 Å². The highest BCUT2D eigenvalue weighted by Gasteiger charge is 2.36. The fourth-order valence-corrected chi connectivity index (χ4v) is 3.99. The Morgan fingerprint density at radius 1 is 1.25 bits per heavy atom. The van der Waals surface area contributed by atoms with Crippen LogP contribution in [0.3, 0.4) is 0 Å². The molecule has 0 aromatic rings. The summed E-state index contributed by atoms with van der Waals surface area (Å²) in [6.07, 6.45) is 9.11. The van der Waals surface area contributed by atoms with Crippen molar-refractivity contribution in [3.05, 3.63) is 46.3 Å². The Kier molecular flexibility index (Phi) is 6.49. The molecule has 2 aliphatic carbocycles. The summed E-state index contributed by atoms with van der Waals surface area (Å²) in [6, 6.07) is 0. The highest BCUT2D eigenvalue weighted by Crippen LogP contribution is 2.43. The van der Waals surface area contributed by atoms with E-state index in [0.717, 1.165) is 41.4 Å². The van der Waals surface area contributed by atoms with Gasteiger partial charge in [-0.25, -0.2) is 4.79 Å². The molecular formula is C22H26O6. The molecule has 0 fully saturated rings. The van der Waals surface area contributed by atoms with Gasteiger partial charge in [0.05, 0.1) is 19.1 Å². The van der Waals surface area contributed by atoms with Gasteiger partial charge >= 0.3 is 11.9 Å². The summed E-state index contributed by atoms with van der Waals surface area (Å²) in [6.45, 7) is 4.21. The van der Waals surface area contributed by atoms with Crippen LogP contribution in [0.15, 0.2) is 46.3 Å². The molecule has 1 aliphatic heterocycles. The second-order valence-electron chi connectivity index (χ2n) is 6.97. The van der Waals surface area contributed by atoms with Crippen LogP contribution >= 0.6 is 0 Å². The third-order valence-corrected chi connectivity index (χ3v) is 5.21. The number of fused-ring (bicyclic) bond motifs is 2. The van der Waals surface area contributed by atoms with Crippen LogP contribution in [-0.2, 0) is 28.6 Å². The molecule has 0 amide bonds. The standard InChI is InChI=1S/C22H26O6/c1-3-26-21(24)16-7-9-17-14(12-16)8-10-18-20(17)15(6-5-11-23)13-19(28-18)22(25)27-4-2/h8,10-11,13,16,18H,3-7,9,12H2,1-2H3. The first kappa shape index (κ1) is 20.1. The zero-order chi connectivity index (χ0) is 20.1. The first-order chi connectivity index (χ1) is 13.6.